The molecule has 0 atom stereocenters. The fourth-order valence-electron chi connectivity index (χ4n) is 3.54. The van der Waals surface area contributed by atoms with Crippen LogP contribution in [0.5, 0.6) is 5.75 Å². The Bertz CT molecular complexity index is 1000. The molecule has 1 N–H and O–H groups in total. The summed E-state index contributed by atoms with van der Waals surface area (Å²) >= 11 is 0. The minimum Gasteiger partial charge on any atom is -0.504 e. The molecule has 0 fully saturated rings. The molecule has 0 aromatic heterocycles. The van der Waals surface area contributed by atoms with Crippen LogP contribution in [0.2, 0.25) is 0 Å². The van der Waals surface area contributed by atoms with Crippen LogP contribution in [0.1, 0.15) is 23.1 Å². The Morgan fingerprint density at radius 2 is 1.79 bits per heavy atom. The smallest absolute Gasteiger partial charge is 0.165 e. The van der Waals surface area contributed by atoms with E-state index in [1.165, 1.54) is 12.1 Å². The topological polar surface area (TPSA) is 20.2 Å². The maximum absolute atomic E-state index is 14.5. The Kier molecular flexibility index (Phi) is 3.38. The Hall–Kier alpha value is -2.68. The van der Waals surface area contributed by atoms with Crippen LogP contribution in [0, 0.1) is 18.6 Å². The highest BCUT2D eigenvalue weighted by molar-refractivity contribution is 6.02. The molecule has 3 aromatic rings. The predicted octanol–water partition coefficient (Wildman–Crippen LogP) is 5.76. The summed E-state index contributed by atoms with van der Waals surface area (Å²) in [6, 6.07) is 10.3. The molecular weight excluding hydrogens is 306 g/mol. The summed E-state index contributed by atoms with van der Waals surface area (Å²) in [6.45, 7) is 1.67. The Morgan fingerprint density at radius 3 is 2.62 bits per heavy atom. The predicted molar refractivity (Wildman–Crippen MR) is 93.1 cm³/mol. The molecule has 0 aliphatic heterocycles. The minimum atomic E-state index is -0.660. The molecule has 0 radical (unpaired) electrons. The lowest BCUT2D eigenvalue weighted by Gasteiger charge is -2.20. The fraction of sp³-hybridized carbons (Fsp3) is 0.143. The van der Waals surface area contributed by atoms with Gasteiger partial charge in [-0.1, -0.05) is 36.4 Å². The van der Waals surface area contributed by atoms with Crippen LogP contribution in [0.3, 0.4) is 0 Å². The normalized spacial score (nSPS) is 13.3. The van der Waals surface area contributed by atoms with Crippen molar-refractivity contribution in [2.75, 3.05) is 0 Å². The van der Waals surface area contributed by atoms with Crippen molar-refractivity contribution in [2.24, 2.45) is 0 Å². The summed E-state index contributed by atoms with van der Waals surface area (Å²) < 4.78 is 28.8. The standard InChI is InChI=1S/C21H16F2O/c1-12-17(22)10-13-6-2-4-8-15(13)19(12)20-16-9-5-3-7-14(16)11-18(23)21(20)24/h2,4-6,8-11,24H,3,7H2,1H3. The van der Waals surface area contributed by atoms with Gasteiger partial charge in [-0.3, -0.25) is 0 Å². The molecule has 4 rings (SSSR count). The first-order valence-electron chi connectivity index (χ1n) is 7.97. The number of halogens is 2. The Labute approximate surface area is 138 Å². The van der Waals surface area contributed by atoms with Gasteiger partial charge < -0.3 is 5.11 Å². The third-order valence-corrected chi connectivity index (χ3v) is 4.74. The number of phenols is 1. The van der Waals surface area contributed by atoms with E-state index in [0.29, 0.717) is 23.1 Å². The fourth-order valence-corrected chi connectivity index (χ4v) is 3.54. The number of fused-ring (bicyclic) bond motifs is 2. The van der Waals surface area contributed by atoms with Crippen LogP contribution < -0.4 is 0 Å². The van der Waals surface area contributed by atoms with Crippen molar-refractivity contribution in [1.29, 1.82) is 0 Å². The second-order valence-corrected chi connectivity index (χ2v) is 6.18. The van der Waals surface area contributed by atoms with Gasteiger partial charge in [-0.25, -0.2) is 8.78 Å². The number of rotatable bonds is 1. The van der Waals surface area contributed by atoms with Crippen molar-refractivity contribution in [3.8, 4) is 16.9 Å². The lowest BCUT2D eigenvalue weighted by atomic mass is 9.85. The third kappa shape index (κ3) is 2.12. The van der Waals surface area contributed by atoms with E-state index in [-0.39, 0.29) is 5.82 Å². The highest BCUT2D eigenvalue weighted by Gasteiger charge is 2.23. The minimum absolute atomic E-state index is 0.360. The van der Waals surface area contributed by atoms with Crippen LogP contribution in [0.15, 0.2) is 42.5 Å². The lowest BCUT2D eigenvalue weighted by Crippen LogP contribution is -2.01. The second-order valence-electron chi connectivity index (χ2n) is 6.18. The summed E-state index contributed by atoms with van der Waals surface area (Å²) in [6.07, 6.45) is 5.44. The lowest BCUT2D eigenvalue weighted by molar-refractivity contribution is 0.433. The molecule has 1 nitrogen and oxygen atoms in total. The van der Waals surface area contributed by atoms with Crippen molar-refractivity contribution in [3.05, 3.63) is 70.8 Å². The van der Waals surface area contributed by atoms with Gasteiger partial charge in [-0.05, 0) is 64.9 Å². The summed E-state index contributed by atoms with van der Waals surface area (Å²) in [5, 5.41) is 12.0. The summed E-state index contributed by atoms with van der Waals surface area (Å²) in [5.41, 5.74) is 2.98. The highest BCUT2D eigenvalue weighted by Crippen LogP contribution is 2.44. The third-order valence-electron chi connectivity index (χ3n) is 4.74. The molecule has 1 aliphatic rings. The number of hydrogen-bond acceptors (Lipinski definition) is 1. The number of phenolic OH excluding ortho intramolecular Hbond substituents is 1. The van der Waals surface area contributed by atoms with Gasteiger partial charge in [0.2, 0.25) is 0 Å². The van der Waals surface area contributed by atoms with Gasteiger partial charge in [0.1, 0.15) is 5.82 Å². The number of aryl methyl sites for hydroxylation is 1. The van der Waals surface area contributed by atoms with Gasteiger partial charge in [-0.15, -0.1) is 0 Å². The van der Waals surface area contributed by atoms with E-state index in [1.807, 2.05) is 36.4 Å². The molecule has 0 spiro atoms. The monoisotopic (exact) mass is 322 g/mol. The van der Waals surface area contributed by atoms with Gasteiger partial charge in [0.05, 0.1) is 0 Å². The van der Waals surface area contributed by atoms with Crippen LogP contribution in [0.4, 0.5) is 8.78 Å². The van der Waals surface area contributed by atoms with E-state index >= 15 is 0 Å². The first-order valence-corrected chi connectivity index (χ1v) is 7.97. The maximum Gasteiger partial charge on any atom is 0.165 e. The molecule has 120 valence electrons. The molecule has 0 amide bonds. The molecule has 0 saturated heterocycles. The van der Waals surface area contributed by atoms with Gasteiger partial charge in [0.15, 0.2) is 11.6 Å². The highest BCUT2D eigenvalue weighted by atomic mass is 19.1. The molecule has 0 bridgehead atoms. The van der Waals surface area contributed by atoms with Gasteiger partial charge in [0, 0.05) is 5.56 Å². The first-order chi connectivity index (χ1) is 11.6. The Balaban J connectivity index is 2.19. The van der Waals surface area contributed by atoms with E-state index < -0.39 is 11.6 Å². The van der Waals surface area contributed by atoms with Crippen molar-refractivity contribution in [2.45, 2.75) is 19.8 Å². The molecule has 3 heteroatoms. The van der Waals surface area contributed by atoms with Gasteiger partial charge in [-0.2, -0.15) is 0 Å². The van der Waals surface area contributed by atoms with Crippen LogP contribution in [-0.4, -0.2) is 5.11 Å². The van der Waals surface area contributed by atoms with Crippen molar-refractivity contribution < 1.29 is 13.9 Å². The average Bonchev–Trinajstić information content (AvgIpc) is 2.58. The van der Waals surface area contributed by atoms with E-state index in [1.54, 1.807) is 6.92 Å². The molecule has 0 unspecified atom stereocenters. The van der Waals surface area contributed by atoms with E-state index in [2.05, 4.69) is 0 Å². The molecular formula is C21H16F2O. The Morgan fingerprint density at radius 1 is 1.00 bits per heavy atom. The maximum atomic E-state index is 14.5. The van der Waals surface area contributed by atoms with E-state index in [0.717, 1.165) is 28.3 Å². The summed E-state index contributed by atoms with van der Waals surface area (Å²) in [5.74, 6) is -1.44. The number of benzene rings is 3. The molecule has 0 saturated carbocycles. The van der Waals surface area contributed by atoms with Crippen molar-refractivity contribution in [1.82, 2.24) is 0 Å². The zero-order valence-corrected chi connectivity index (χ0v) is 13.2. The summed E-state index contributed by atoms with van der Waals surface area (Å²) in [4.78, 5) is 0. The zero-order valence-electron chi connectivity index (χ0n) is 13.2. The van der Waals surface area contributed by atoms with E-state index in [4.69, 9.17) is 0 Å². The van der Waals surface area contributed by atoms with Crippen molar-refractivity contribution in [3.63, 3.8) is 0 Å². The average molecular weight is 322 g/mol. The van der Waals surface area contributed by atoms with Gasteiger partial charge in [0.25, 0.3) is 0 Å². The van der Waals surface area contributed by atoms with Crippen molar-refractivity contribution >= 4 is 16.8 Å². The second kappa shape index (κ2) is 5.45. The van der Waals surface area contributed by atoms with Crippen LogP contribution >= 0.6 is 0 Å². The number of aromatic hydroxyl groups is 1. The number of allylic oxidation sites excluding steroid dienone is 1. The largest absolute Gasteiger partial charge is 0.504 e. The number of hydrogen-bond donors (Lipinski definition) is 1. The van der Waals surface area contributed by atoms with E-state index in [9.17, 15) is 13.9 Å². The molecule has 24 heavy (non-hydrogen) atoms. The quantitative estimate of drug-likeness (QED) is 0.604. The zero-order chi connectivity index (χ0) is 16.8. The van der Waals surface area contributed by atoms with Crippen LogP contribution in [-0.2, 0) is 6.42 Å². The first kappa shape index (κ1) is 14.9. The van der Waals surface area contributed by atoms with Gasteiger partial charge >= 0.3 is 0 Å². The SMILES string of the molecule is Cc1c(F)cc2ccccc2c1-c1c(O)c(F)cc2c1C=CCC2. The summed E-state index contributed by atoms with van der Waals surface area (Å²) in [7, 11) is 0. The molecule has 1 aliphatic carbocycles. The molecule has 3 aromatic carbocycles. The molecule has 0 heterocycles. The van der Waals surface area contributed by atoms with Crippen LogP contribution in [0.25, 0.3) is 28.0 Å².